The molecular formula is C13H22OS2. The maximum Gasteiger partial charge on any atom is 0.119 e. The summed E-state index contributed by atoms with van der Waals surface area (Å²) in [4.78, 5) is 10.4. The molecule has 1 heterocycles. The number of rotatable bonds is 8. The Balaban J connectivity index is 2.38. The molecule has 3 heteroatoms. The summed E-state index contributed by atoms with van der Waals surface area (Å²) in [5.74, 6) is 2.59. The minimum atomic E-state index is 0.407. The molecule has 1 rings (SSSR count). The third-order valence-electron chi connectivity index (χ3n) is 2.86. The van der Waals surface area contributed by atoms with E-state index in [-0.39, 0.29) is 0 Å². The van der Waals surface area contributed by atoms with Crippen LogP contribution in [-0.2, 0) is 4.79 Å². The average molecular weight is 258 g/mol. The average Bonchev–Trinajstić information content (AvgIpc) is 2.31. The monoisotopic (exact) mass is 258 g/mol. The zero-order valence-electron chi connectivity index (χ0n) is 9.95. The molecule has 1 fully saturated rings. The van der Waals surface area contributed by atoms with E-state index < -0.39 is 0 Å². The maximum atomic E-state index is 10.4. The predicted octanol–water partition coefficient (Wildman–Crippen LogP) is 4.28. The van der Waals surface area contributed by atoms with Crippen molar-refractivity contribution in [2.75, 3.05) is 11.5 Å². The van der Waals surface area contributed by atoms with E-state index in [1.807, 2.05) is 6.08 Å². The van der Waals surface area contributed by atoms with Crippen molar-refractivity contribution in [1.29, 1.82) is 0 Å². The van der Waals surface area contributed by atoms with Crippen LogP contribution in [-0.4, -0.2) is 21.9 Å². The molecule has 0 aromatic heterocycles. The lowest BCUT2D eigenvalue weighted by Crippen LogP contribution is -2.25. The zero-order chi connectivity index (χ0) is 11.7. The van der Waals surface area contributed by atoms with Gasteiger partial charge in [-0.2, -0.15) is 0 Å². The molecule has 0 unspecified atom stereocenters. The normalized spacial score (nSPS) is 19.2. The predicted molar refractivity (Wildman–Crippen MR) is 76.2 cm³/mol. The van der Waals surface area contributed by atoms with Gasteiger partial charge in [-0.1, -0.05) is 6.08 Å². The lowest BCUT2D eigenvalue weighted by atomic mass is 10.1. The molecule has 0 aromatic carbocycles. The molecule has 0 bridgehead atoms. The van der Waals surface area contributed by atoms with Gasteiger partial charge in [-0.3, -0.25) is 0 Å². The van der Waals surface area contributed by atoms with Gasteiger partial charge >= 0.3 is 0 Å². The summed E-state index contributed by atoms with van der Waals surface area (Å²) < 4.78 is 0.407. The highest BCUT2D eigenvalue weighted by Gasteiger charge is 2.32. The maximum absolute atomic E-state index is 10.4. The second-order valence-electron chi connectivity index (χ2n) is 4.20. The molecular weight excluding hydrogens is 236 g/mol. The van der Waals surface area contributed by atoms with Crippen molar-refractivity contribution in [2.24, 2.45) is 0 Å². The van der Waals surface area contributed by atoms with Crippen LogP contribution in [0.5, 0.6) is 0 Å². The number of carbonyl (C=O) groups is 1. The third kappa shape index (κ3) is 4.96. The second-order valence-corrected chi connectivity index (χ2v) is 7.42. The van der Waals surface area contributed by atoms with Crippen molar-refractivity contribution >= 4 is 29.8 Å². The van der Waals surface area contributed by atoms with Crippen LogP contribution in [0.4, 0.5) is 0 Å². The lowest BCUT2D eigenvalue weighted by Gasteiger charge is -2.36. The number of hydrogen-bond donors (Lipinski definition) is 0. The number of aldehydes is 1. The summed E-state index contributed by atoms with van der Waals surface area (Å²) in [6, 6.07) is 0. The SMILES string of the molecule is C=CCCCC1(CCCC=O)SCCCS1. The fraction of sp³-hybridized carbons (Fsp3) is 0.769. The fourth-order valence-electron chi connectivity index (χ4n) is 2.00. The molecule has 0 saturated carbocycles. The van der Waals surface area contributed by atoms with Gasteiger partial charge in [0.05, 0.1) is 4.08 Å². The van der Waals surface area contributed by atoms with E-state index in [2.05, 4.69) is 30.1 Å². The summed E-state index contributed by atoms with van der Waals surface area (Å²) in [6.07, 6.45) is 11.0. The minimum absolute atomic E-state index is 0.407. The Hall–Kier alpha value is 0.110. The Labute approximate surface area is 108 Å². The Morgan fingerprint density at radius 2 is 1.75 bits per heavy atom. The van der Waals surface area contributed by atoms with E-state index in [0.717, 1.165) is 25.5 Å². The number of carbonyl (C=O) groups excluding carboxylic acids is 1. The topological polar surface area (TPSA) is 17.1 Å². The van der Waals surface area contributed by atoms with Crippen molar-refractivity contribution in [3.8, 4) is 0 Å². The summed E-state index contributed by atoms with van der Waals surface area (Å²) in [5.41, 5.74) is 0. The van der Waals surface area contributed by atoms with Gasteiger partial charge in [0.25, 0.3) is 0 Å². The van der Waals surface area contributed by atoms with Gasteiger partial charge < -0.3 is 4.79 Å². The van der Waals surface area contributed by atoms with Crippen LogP contribution < -0.4 is 0 Å². The van der Waals surface area contributed by atoms with Crippen molar-refractivity contribution in [1.82, 2.24) is 0 Å². The van der Waals surface area contributed by atoms with Crippen LogP contribution in [0.2, 0.25) is 0 Å². The molecule has 1 aliphatic rings. The van der Waals surface area contributed by atoms with Crippen LogP contribution in [0, 0.1) is 0 Å². The van der Waals surface area contributed by atoms with Crippen LogP contribution in [0.1, 0.15) is 44.9 Å². The standard InChI is InChI=1S/C13H22OS2/c1-2-3-4-8-13(9-5-6-10-14)15-11-7-12-16-13/h2,10H,1,3-9,11-12H2. The molecule has 16 heavy (non-hydrogen) atoms. The lowest BCUT2D eigenvalue weighted by molar-refractivity contribution is -0.107. The third-order valence-corrected chi connectivity index (χ3v) is 6.43. The summed E-state index contributed by atoms with van der Waals surface area (Å²) in [7, 11) is 0. The molecule has 0 spiro atoms. The summed E-state index contributed by atoms with van der Waals surface area (Å²) in [6.45, 7) is 3.78. The van der Waals surface area contributed by atoms with E-state index in [9.17, 15) is 4.79 Å². The molecule has 0 aliphatic carbocycles. The van der Waals surface area contributed by atoms with E-state index in [1.165, 1.54) is 37.2 Å². The quantitative estimate of drug-likeness (QED) is 0.367. The smallest absolute Gasteiger partial charge is 0.119 e. The Bertz CT molecular complexity index is 194. The number of thioether (sulfide) groups is 2. The highest BCUT2D eigenvalue weighted by Crippen LogP contribution is 2.48. The summed E-state index contributed by atoms with van der Waals surface area (Å²) in [5, 5.41) is 0. The van der Waals surface area contributed by atoms with Crippen molar-refractivity contribution in [3.05, 3.63) is 12.7 Å². The van der Waals surface area contributed by atoms with Crippen LogP contribution in [0.15, 0.2) is 12.7 Å². The van der Waals surface area contributed by atoms with E-state index in [0.29, 0.717) is 4.08 Å². The Morgan fingerprint density at radius 3 is 2.31 bits per heavy atom. The highest BCUT2D eigenvalue weighted by atomic mass is 32.2. The number of unbranched alkanes of at least 4 members (excludes halogenated alkanes) is 2. The number of hydrogen-bond acceptors (Lipinski definition) is 3. The molecule has 0 atom stereocenters. The molecule has 0 radical (unpaired) electrons. The first-order valence-corrected chi connectivity index (χ1v) is 8.12. The van der Waals surface area contributed by atoms with Gasteiger partial charge in [0.2, 0.25) is 0 Å². The second kappa shape index (κ2) is 8.24. The Morgan fingerprint density at radius 1 is 1.12 bits per heavy atom. The minimum Gasteiger partial charge on any atom is -0.303 e. The van der Waals surface area contributed by atoms with Gasteiger partial charge in [0.15, 0.2) is 0 Å². The van der Waals surface area contributed by atoms with E-state index in [4.69, 9.17) is 0 Å². The van der Waals surface area contributed by atoms with Crippen molar-refractivity contribution in [3.63, 3.8) is 0 Å². The van der Waals surface area contributed by atoms with Gasteiger partial charge in [-0.25, -0.2) is 0 Å². The molecule has 1 nitrogen and oxygen atoms in total. The molecule has 0 aromatic rings. The summed E-state index contributed by atoms with van der Waals surface area (Å²) >= 11 is 4.25. The highest BCUT2D eigenvalue weighted by molar-refractivity contribution is 8.18. The van der Waals surface area contributed by atoms with Gasteiger partial charge in [0.1, 0.15) is 6.29 Å². The molecule has 92 valence electrons. The first kappa shape index (κ1) is 14.2. The van der Waals surface area contributed by atoms with E-state index >= 15 is 0 Å². The van der Waals surface area contributed by atoms with E-state index in [1.54, 1.807) is 0 Å². The van der Waals surface area contributed by atoms with Crippen LogP contribution in [0.3, 0.4) is 0 Å². The zero-order valence-corrected chi connectivity index (χ0v) is 11.6. The molecule has 0 amide bonds. The molecule has 0 N–H and O–H groups in total. The van der Waals surface area contributed by atoms with Gasteiger partial charge in [0, 0.05) is 6.42 Å². The molecule has 1 aliphatic heterocycles. The fourth-order valence-corrected chi connectivity index (χ4v) is 5.49. The Kier molecular flexibility index (Phi) is 7.30. The largest absolute Gasteiger partial charge is 0.303 e. The first-order valence-electron chi connectivity index (χ1n) is 6.15. The molecule has 1 saturated heterocycles. The van der Waals surface area contributed by atoms with Gasteiger partial charge in [-0.15, -0.1) is 30.1 Å². The van der Waals surface area contributed by atoms with Crippen molar-refractivity contribution in [2.45, 2.75) is 49.0 Å². The van der Waals surface area contributed by atoms with Gasteiger partial charge in [-0.05, 0) is 50.0 Å². The number of allylic oxidation sites excluding steroid dienone is 1. The van der Waals surface area contributed by atoms with Crippen molar-refractivity contribution < 1.29 is 4.79 Å². The van der Waals surface area contributed by atoms with Crippen LogP contribution in [0.25, 0.3) is 0 Å². The first-order chi connectivity index (χ1) is 7.83. The van der Waals surface area contributed by atoms with Crippen LogP contribution >= 0.6 is 23.5 Å².